The summed E-state index contributed by atoms with van der Waals surface area (Å²) in [5, 5.41) is 12.0. The van der Waals surface area contributed by atoms with Gasteiger partial charge in [-0.25, -0.2) is 0 Å². The van der Waals surface area contributed by atoms with Crippen LogP contribution < -0.4 is 5.32 Å². The lowest BCUT2D eigenvalue weighted by molar-refractivity contribution is -0.149. The van der Waals surface area contributed by atoms with Gasteiger partial charge in [-0.05, 0) is 58.0 Å². The van der Waals surface area contributed by atoms with E-state index in [4.69, 9.17) is 21.6 Å². The van der Waals surface area contributed by atoms with Crippen molar-refractivity contribution in [3.8, 4) is 6.07 Å². The molecule has 1 atom stereocenters. The van der Waals surface area contributed by atoms with Gasteiger partial charge in [0.25, 0.3) is 0 Å². The summed E-state index contributed by atoms with van der Waals surface area (Å²) < 4.78 is 5.06. The second-order valence-corrected chi connectivity index (χ2v) is 6.44. The van der Waals surface area contributed by atoms with Crippen LogP contribution in [0.2, 0.25) is 5.02 Å². The smallest absolute Gasteiger partial charge is 0.309 e. The molecule has 134 valence electrons. The molecular formula is C18H22ClN3O3. The molecule has 0 aliphatic carbocycles. The molecule has 1 aromatic carbocycles. The molecule has 0 unspecified atom stereocenters. The molecule has 7 heteroatoms. The number of esters is 1. The van der Waals surface area contributed by atoms with Crippen LogP contribution in [0.4, 0.5) is 5.69 Å². The molecule has 0 spiro atoms. The number of piperidine rings is 1. The minimum Gasteiger partial charge on any atom is -0.466 e. The van der Waals surface area contributed by atoms with Crippen molar-refractivity contribution in [3.05, 3.63) is 28.8 Å². The van der Waals surface area contributed by atoms with E-state index < -0.39 is 0 Å². The Kier molecular flexibility index (Phi) is 6.80. The van der Waals surface area contributed by atoms with Crippen molar-refractivity contribution in [1.82, 2.24) is 4.90 Å². The van der Waals surface area contributed by atoms with Gasteiger partial charge in [-0.1, -0.05) is 11.6 Å². The van der Waals surface area contributed by atoms with E-state index in [1.165, 1.54) is 0 Å². The lowest BCUT2D eigenvalue weighted by Crippen LogP contribution is -2.47. The highest BCUT2D eigenvalue weighted by Gasteiger charge is 2.30. The molecule has 1 N–H and O–H groups in total. The number of amides is 1. The first-order valence-electron chi connectivity index (χ1n) is 8.37. The predicted octanol–water partition coefficient (Wildman–Crippen LogP) is 2.81. The number of nitrogens with one attached hydrogen (secondary N) is 1. The highest BCUT2D eigenvalue weighted by molar-refractivity contribution is 6.32. The van der Waals surface area contributed by atoms with Crippen LogP contribution >= 0.6 is 11.6 Å². The number of anilines is 1. The van der Waals surface area contributed by atoms with Crippen LogP contribution in [0.3, 0.4) is 0 Å². The Balaban J connectivity index is 1.90. The molecule has 1 heterocycles. The Hall–Kier alpha value is -2.10. The molecule has 1 aromatic rings. The number of hydrogen-bond acceptors (Lipinski definition) is 5. The second kappa shape index (κ2) is 8.84. The molecule has 1 amide bonds. The molecule has 0 aromatic heterocycles. The number of carbonyl (C=O) groups is 2. The average molecular weight is 364 g/mol. The summed E-state index contributed by atoms with van der Waals surface area (Å²) >= 11 is 5.98. The quantitative estimate of drug-likeness (QED) is 0.813. The van der Waals surface area contributed by atoms with Gasteiger partial charge in [-0.3, -0.25) is 14.5 Å². The van der Waals surface area contributed by atoms with Crippen LogP contribution in [0.15, 0.2) is 18.2 Å². The van der Waals surface area contributed by atoms with Gasteiger partial charge in [0.2, 0.25) is 5.91 Å². The first kappa shape index (κ1) is 19.2. The molecule has 1 aliphatic rings. The number of halogens is 1. The normalized spacial score (nSPS) is 16.7. The maximum Gasteiger partial charge on any atom is 0.309 e. The minimum absolute atomic E-state index is 0.0798. The number of carbonyl (C=O) groups excluding carboxylic acids is 2. The van der Waals surface area contributed by atoms with E-state index in [1.807, 2.05) is 13.0 Å². The summed E-state index contributed by atoms with van der Waals surface area (Å²) in [6.45, 7) is 5.38. The van der Waals surface area contributed by atoms with Gasteiger partial charge in [0.15, 0.2) is 0 Å². The van der Waals surface area contributed by atoms with Gasteiger partial charge in [0.1, 0.15) is 6.07 Å². The second-order valence-electron chi connectivity index (χ2n) is 6.03. The highest BCUT2D eigenvalue weighted by atomic mass is 35.5. The van der Waals surface area contributed by atoms with E-state index in [0.717, 1.165) is 0 Å². The maximum atomic E-state index is 12.4. The molecule has 1 aliphatic heterocycles. The summed E-state index contributed by atoms with van der Waals surface area (Å²) in [7, 11) is 0. The average Bonchev–Trinajstić information content (AvgIpc) is 2.61. The number of nitrogens with zero attached hydrogens (tertiary/aromatic N) is 2. The third-order valence-electron chi connectivity index (χ3n) is 4.43. The monoisotopic (exact) mass is 363 g/mol. The zero-order valence-corrected chi connectivity index (χ0v) is 15.2. The van der Waals surface area contributed by atoms with E-state index in [2.05, 4.69) is 10.2 Å². The van der Waals surface area contributed by atoms with E-state index in [1.54, 1.807) is 25.1 Å². The molecule has 2 rings (SSSR count). The van der Waals surface area contributed by atoms with Crippen molar-refractivity contribution in [2.45, 2.75) is 32.7 Å². The number of ether oxygens (including phenoxy) is 1. The topological polar surface area (TPSA) is 82.4 Å². The predicted molar refractivity (Wildman–Crippen MR) is 95.2 cm³/mol. The van der Waals surface area contributed by atoms with Gasteiger partial charge < -0.3 is 10.1 Å². The number of benzene rings is 1. The van der Waals surface area contributed by atoms with Crippen LogP contribution in [0.5, 0.6) is 0 Å². The highest BCUT2D eigenvalue weighted by Crippen LogP contribution is 2.23. The fourth-order valence-corrected chi connectivity index (χ4v) is 3.10. The molecule has 1 saturated heterocycles. The SMILES string of the molecule is CCOC(=O)C1CCN([C@H](C)C(=O)Nc2ccc(C#N)c(Cl)c2)CC1. The zero-order chi connectivity index (χ0) is 18.4. The van der Waals surface area contributed by atoms with Gasteiger partial charge in [0, 0.05) is 5.69 Å². The Labute approximate surface area is 152 Å². The lowest BCUT2D eigenvalue weighted by atomic mass is 9.96. The first-order valence-corrected chi connectivity index (χ1v) is 8.75. The standard InChI is InChI=1S/C18H22ClN3O3/c1-3-25-18(24)13-6-8-22(9-7-13)12(2)17(23)21-15-5-4-14(11-20)16(19)10-15/h4-5,10,12-13H,3,6-9H2,1-2H3,(H,21,23)/t12-/m1/s1. The van der Waals surface area contributed by atoms with E-state index in [9.17, 15) is 9.59 Å². The molecule has 0 bridgehead atoms. The van der Waals surface area contributed by atoms with Gasteiger partial charge in [-0.2, -0.15) is 5.26 Å². The zero-order valence-electron chi connectivity index (χ0n) is 14.4. The molecule has 6 nitrogen and oxygen atoms in total. The van der Waals surface area contributed by atoms with Crippen molar-refractivity contribution >= 4 is 29.2 Å². The van der Waals surface area contributed by atoms with Gasteiger partial charge in [-0.15, -0.1) is 0 Å². The van der Waals surface area contributed by atoms with Crippen molar-refractivity contribution < 1.29 is 14.3 Å². The summed E-state index contributed by atoms with van der Waals surface area (Å²) in [5.74, 6) is -0.370. The third-order valence-corrected chi connectivity index (χ3v) is 4.75. The fraction of sp³-hybridized carbons (Fsp3) is 0.500. The minimum atomic E-state index is -0.322. The summed E-state index contributed by atoms with van der Waals surface area (Å²) in [4.78, 5) is 26.3. The van der Waals surface area contributed by atoms with Crippen LogP contribution in [-0.4, -0.2) is 42.5 Å². The largest absolute Gasteiger partial charge is 0.466 e. The molecule has 25 heavy (non-hydrogen) atoms. The summed E-state index contributed by atoms with van der Waals surface area (Å²) in [5.41, 5.74) is 0.927. The third kappa shape index (κ3) is 4.94. The van der Waals surface area contributed by atoms with Crippen LogP contribution in [-0.2, 0) is 14.3 Å². The number of likely N-dealkylation sites (tertiary alicyclic amines) is 1. The molecule has 1 fully saturated rings. The number of hydrogen-bond donors (Lipinski definition) is 1. The first-order chi connectivity index (χ1) is 12.0. The Morgan fingerprint density at radius 2 is 2.12 bits per heavy atom. The van der Waals surface area contributed by atoms with Crippen molar-refractivity contribution in [2.24, 2.45) is 5.92 Å². The van der Waals surface area contributed by atoms with Gasteiger partial charge in [0.05, 0.1) is 29.2 Å². The van der Waals surface area contributed by atoms with E-state index in [0.29, 0.717) is 48.8 Å². The Morgan fingerprint density at radius 3 is 2.68 bits per heavy atom. The Morgan fingerprint density at radius 1 is 1.44 bits per heavy atom. The molecule has 0 radical (unpaired) electrons. The number of nitriles is 1. The van der Waals surface area contributed by atoms with Crippen LogP contribution in [0.1, 0.15) is 32.3 Å². The summed E-state index contributed by atoms with van der Waals surface area (Å²) in [6, 6.07) is 6.46. The maximum absolute atomic E-state index is 12.4. The van der Waals surface area contributed by atoms with Crippen molar-refractivity contribution in [1.29, 1.82) is 5.26 Å². The molecular weight excluding hydrogens is 342 g/mol. The van der Waals surface area contributed by atoms with Gasteiger partial charge >= 0.3 is 5.97 Å². The number of rotatable bonds is 5. The van der Waals surface area contributed by atoms with Crippen molar-refractivity contribution in [3.63, 3.8) is 0 Å². The van der Waals surface area contributed by atoms with E-state index >= 15 is 0 Å². The van der Waals surface area contributed by atoms with E-state index in [-0.39, 0.29) is 23.8 Å². The lowest BCUT2D eigenvalue weighted by Gasteiger charge is -2.34. The summed E-state index contributed by atoms with van der Waals surface area (Å²) in [6.07, 6.45) is 1.39. The fourth-order valence-electron chi connectivity index (χ4n) is 2.88. The molecule has 0 saturated carbocycles. The van der Waals surface area contributed by atoms with Crippen LogP contribution in [0.25, 0.3) is 0 Å². The Bertz CT molecular complexity index is 679. The van der Waals surface area contributed by atoms with Crippen molar-refractivity contribution in [2.75, 3.05) is 25.0 Å². The van der Waals surface area contributed by atoms with Crippen LogP contribution in [0, 0.1) is 17.2 Å².